The molecule has 0 aromatic heterocycles. The second kappa shape index (κ2) is 13.9. The summed E-state index contributed by atoms with van der Waals surface area (Å²) < 4.78 is 11.4. The lowest BCUT2D eigenvalue weighted by molar-refractivity contribution is -0.128. The number of methoxy groups -OCH3 is 1. The molecule has 1 saturated heterocycles. The van der Waals surface area contributed by atoms with E-state index in [0.717, 1.165) is 48.1 Å². The van der Waals surface area contributed by atoms with E-state index in [0.29, 0.717) is 26.1 Å². The summed E-state index contributed by atoms with van der Waals surface area (Å²) >= 11 is 0. The van der Waals surface area contributed by atoms with Crippen molar-refractivity contribution in [3.8, 4) is 11.5 Å². The molecule has 2 N–H and O–H groups in total. The van der Waals surface area contributed by atoms with Gasteiger partial charge in [-0.2, -0.15) is 0 Å². The highest BCUT2D eigenvalue weighted by Crippen LogP contribution is 2.26. The maximum Gasteiger partial charge on any atom is 0.222 e. The molecule has 0 radical (unpaired) electrons. The largest absolute Gasteiger partial charge is 0.493 e. The summed E-state index contributed by atoms with van der Waals surface area (Å²) in [7, 11) is 1.64. The van der Waals surface area contributed by atoms with Gasteiger partial charge in [-0.05, 0) is 43.5 Å². The average molecular weight is 566 g/mol. The minimum absolute atomic E-state index is 0. The van der Waals surface area contributed by atoms with Crippen molar-refractivity contribution in [3.63, 3.8) is 0 Å². The Balaban J connectivity index is 0.00000385. The van der Waals surface area contributed by atoms with E-state index in [4.69, 9.17) is 14.5 Å². The van der Waals surface area contributed by atoms with Crippen LogP contribution >= 0.6 is 24.0 Å². The number of aliphatic imine (C=N–C) groups is 1. The normalized spacial score (nSPS) is 14.5. The first-order chi connectivity index (χ1) is 15.6. The first kappa shape index (κ1) is 26.8. The van der Waals surface area contributed by atoms with Crippen molar-refractivity contribution in [3.05, 3.63) is 59.7 Å². The standard InChI is InChI=1S/C25H34N4O3.HI/c1-4-26-25(27-16-19(2)32-23-9-6-5-8-22(23)31-3)28-17-20-11-13-21(14-12-20)18-29-15-7-10-24(29)30;/h5-6,8-9,11-14,19H,4,7,10,15-18H2,1-3H3,(H2,26,27,28);1H. The van der Waals surface area contributed by atoms with Crippen LogP contribution in [-0.4, -0.2) is 49.6 Å². The van der Waals surface area contributed by atoms with Crippen LogP contribution in [-0.2, 0) is 17.9 Å². The second-order valence-corrected chi connectivity index (χ2v) is 7.89. The average Bonchev–Trinajstić information content (AvgIpc) is 3.21. The van der Waals surface area contributed by atoms with Crippen LogP contribution < -0.4 is 20.1 Å². The van der Waals surface area contributed by atoms with Crippen molar-refractivity contribution in [2.45, 2.75) is 45.9 Å². The van der Waals surface area contributed by atoms with E-state index < -0.39 is 0 Å². The molecule has 7 nitrogen and oxygen atoms in total. The van der Waals surface area contributed by atoms with Crippen LogP contribution in [0.15, 0.2) is 53.5 Å². The first-order valence-electron chi connectivity index (χ1n) is 11.3. The molecular weight excluding hydrogens is 531 g/mol. The number of guanidine groups is 1. The monoisotopic (exact) mass is 566 g/mol. The number of para-hydroxylation sites is 2. The van der Waals surface area contributed by atoms with E-state index in [1.54, 1.807) is 7.11 Å². The van der Waals surface area contributed by atoms with Gasteiger partial charge in [-0.3, -0.25) is 4.79 Å². The van der Waals surface area contributed by atoms with Gasteiger partial charge in [-0.25, -0.2) is 4.99 Å². The molecule has 1 heterocycles. The molecule has 0 saturated carbocycles. The fraction of sp³-hybridized carbons (Fsp3) is 0.440. The van der Waals surface area contributed by atoms with Gasteiger partial charge in [0.15, 0.2) is 17.5 Å². The van der Waals surface area contributed by atoms with Gasteiger partial charge in [0.1, 0.15) is 6.10 Å². The van der Waals surface area contributed by atoms with Crippen molar-refractivity contribution in [2.24, 2.45) is 4.99 Å². The van der Waals surface area contributed by atoms with Crippen molar-refractivity contribution < 1.29 is 14.3 Å². The minimum Gasteiger partial charge on any atom is -0.493 e. The van der Waals surface area contributed by atoms with Gasteiger partial charge in [0.05, 0.1) is 20.2 Å². The van der Waals surface area contributed by atoms with E-state index in [2.05, 4.69) is 34.9 Å². The second-order valence-electron chi connectivity index (χ2n) is 7.89. The minimum atomic E-state index is -0.0669. The molecule has 2 aromatic rings. The van der Waals surface area contributed by atoms with E-state index >= 15 is 0 Å². The molecule has 1 amide bonds. The molecule has 1 aliphatic heterocycles. The van der Waals surface area contributed by atoms with Crippen LogP contribution in [0, 0.1) is 0 Å². The fourth-order valence-corrected chi connectivity index (χ4v) is 3.57. The molecule has 8 heteroatoms. The highest BCUT2D eigenvalue weighted by Gasteiger charge is 2.19. The number of hydrogen-bond acceptors (Lipinski definition) is 4. The molecule has 0 bridgehead atoms. The topological polar surface area (TPSA) is 75.2 Å². The lowest BCUT2D eigenvalue weighted by atomic mass is 10.1. The Kier molecular flexibility index (Phi) is 11.3. The Bertz CT molecular complexity index is 905. The number of ether oxygens (including phenoxy) is 2. The quantitative estimate of drug-likeness (QED) is 0.259. The molecule has 1 unspecified atom stereocenters. The number of carbonyl (C=O) groups is 1. The third-order valence-corrected chi connectivity index (χ3v) is 5.29. The van der Waals surface area contributed by atoms with E-state index in [9.17, 15) is 4.79 Å². The Labute approximate surface area is 214 Å². The highest BCUT2D eigenvalue weighted by atomic mass is 127. The number of carbonyl (C=O) groups excluding carboxylic acids is 1. The molecule has 3 rings (SSSR count). The van der Waals surface area contributed by atoms with E-state index in [1.165, 1.54) is 0 Å². The lowest BCUT2D eigenvalue weighted by Gasteiger charge is -2.19. The van der Waals surface area contributed by atoms with Gasteiger partial charge in [0, 0.05) is 26.1 Å². The maximum atomic E-state index is 11.8. The summed E-state index contributed by atoms with van der Waals surface area (Å²) in [6.45, 7) is 7.55. The van der Waals surface area contributed by atoms with Crippen molar-refractivity contribution in [1.82, 2.24) is 15.5 Å². The predicted octanol–water partition coefficient (Wildman–Crippen LogP) is 3.96. The SMILES string of the molecule is CCNC(=NCc1ccc(CN2CCCC2=O)cc1)NCC(C)Oc1ccccc1OC.I. The molecule has 1 atom stereocenters. The predicted molar refractivity (Wildman–Crippen MR) is 142 cm³/mol. The number of nitrogens with zero attached hydrogens (tertiary/aromatic N) is 2. The lowest BCUT2D eigenvalue weighted by Crippen LogP contribution is -2.41. The van der Waals surface area contributed by atoms with Gasteiger partial charge in [0.2, 0.25) is 5.91 Å². The number of hydrogen-bond donors (Lipinski definition) is 2. The summed E-state index contributed by atoms with van der Waals surface area (Å²) in [4.78, 5) is 18.4. The van der Waals surface area contributed by atoms with Crippen LogP contribution in [0.25, 0.3) is 0 Å². The Morgan fingerprint density at radius 1 is 1.09 bits per heavy atom. The molecule has 1 aliphatic rings. The molecule has 33 heavy (non-hydrogen) atoms. The number of benzene rings is 2. The number of rotatable bonds is 10. The van der Waals surface area contributed by atoms with Crippen LogP contribution in [0.1, 0.15) is 37.8 Å². The van der Waals surface area contributed by atoms with Gasteiger partial charge >= 0.3 is 0 Å². The van der Waals surface area contributed by atoms with E-state index in [1.807, 2.05) is 43.0 Å². The highest BCUT2D eigenvalue weighted by molar-refractivity contribution is 14.0. The van der Waals surface area contributed by atoms with Gasteiger partial charge < -0.3 is 25.0 Å². The molecule has 1 fully saturated rings. The van der Waals surface area contributed by atoms with Crippen LogP contribution in [0.4, 0.5) is 0 Å². The molecular formula is C25H35IN4O3. The maximum absolute atomic E-state index is 11.8. The zero-order valence-corrected chi connectivity index (χ0v) is 22.0. The van der Waals surface area contributed by atoms with Crippen LogP contribution in [0.5, 0.6) is 11.5 Å². The van der Waals surface area contributed by atoms with Gasteiger partial charge in [-0.15, -0.1) is 24.0 Å². The third kappa shape index (κ3) is 8.42. The Morgan fingerprint density at radius 3 is 2.42 bits per heavy atom. The number of likely N-dealkylation sites (tertiary alicyclic amines) is 1. The fourth-order valence-electron chi connectivity index (χ4n) is 3.57. The third-order valence-electron chi connectivity index (χ3n) is 5.29. The molecule has 0 spiro atoms. The summed E-state index contributed by atoms with van der Waals surface area (Å²) in [5.74, 6) is 2.44. The molecule has 2 aromatic carbocycles. The molecule has 0 aliphatic carbocycles. The summed E-state index contributed by atoms with van der Waals surface area (Å²) in [6, 6.07) is 16.0. The summed E-state index contributed by atoms with van der Waals surface area (Å²) in [5.41, 5.74) is 2.28. The zero-order chi connectivity index (χ0) is 22.8. The number of amides is 1. The van der Waals surface area contributed by atoms with Crippen molar-refractivity contribution in [2.75, 3.05) is 26.7 Å². The summed E-state index contributed by atoms with van der Waals surface area (Å²) in [5, 5.41) is 6.62. The van der Waals surface area contributed by atoms with Gasteiger partial charge in [-0.1, -0.05) is 36.4 Å². The zero-order valence-electron chi connectivity index (χ0n) is 19.7. The van der Waals surface area contributed by atoms with Crippen LogP contribution in [0.3, 0.4) is 0 Å². The van der Waals surface area contributed by atoms with Gasteiger partial charge in [0.25, 0.3) is 0 Å². The summed E-state index contributed by atoms with van der Waals surface area (Å²) in [6.07, 6.45) is 1.58. The van der Waals surface area contributed by atoms with E-state index in [-0.39, 0.29) is 36.0 Å². The smallest absolute Gasteiger partial charge is 0.222 e. The number of halogens is 1. The van der Waals surface area contributed by atoms with Crippen molar-refractivity contribution >= 4 is 35.8 Å². The Hall–Kier alpha value is -2.49. The van der Waals surface area contributed by atoms with Crippen molar-refractivity contribution in [1.29, 1.82) is 0 Å². The Morgan fingerprint density at radius 2 is 1.79 bits per heavy atom. The molecule has 180 valence electrons. The first-order valence-corrected chi connectivity index (χ1v) is 11.3. The number of nitrogens with one attached hydrogen (secondary N) is 2. The van der Waals surface area contributed by atoms with Crippen LogP contribution in [0.2, 0.25) is 0 Å².